The van der Waals surface area contributed by atoms with Crippen LogP contribution in [0.2, 0.25) is 0 Å². The third kappa shape index (κ3) is 3.96. The SMILES string of the molecule is O=C(Cc1ccoc1)NC[C@@H]1C[C@H](F)CN1Cc1cccs1. The number of alkyl halides is 1. The van der Waals surface area contributed by atoms with Gasteiger partial charge in [-0.2, -0.15) is 0 Å². The molecule has 0 radical (unpaired) electrons. The summed E-state index contributed by atoms with van der Waals surface area (Å²) in [7, 11) is 0. The average molecular weight is 322 g/mol. The Hall–Kier alpha value is -1.66. The first-order valence-electron chi connectivity index (χ1n) is 7.39. The third-order valence-corrected chi connectivity index (χ3v) is 4.76. The lowest BCUT2D eigenvalue weighted by molar-refractivity contribution is -0.120. The van der Waals surface area contributed by atoms with E-state index in [1.165, 1.54) is 4.88 Å². The van der Waals surface area contributed by atoms with Gasteiger partial charge in [-0.25, -0.2) is 4.39 Å². The van der Waals surface area contributed by atoms with Crippen molar-refractivity contribution >= 4 is 17.2 Å². The van der Waals surface area contributed by atoms with Gasteiger partial charge in [0.25, 0.3) is 0 Å². The molecule has 1 amide bonds. The van der Waals surface area contributed by atoms with Crippen LogP contribution in [0.3, 0.4) is 0 Å². The summed E-state index contributed by atoms with van der Waals surface area (Å²) in [4.78, 5) is 15.3. The molecule has 0 spiro atoms. The number of furan rings is 1. The van der Waals surface area contributed by atoms with Crippen molar-refractivity contribution < 1.29 is 13.6 Å². The van der Waals surface area contributed by atoms with Crippen LogP contribution in [-0.2, 0) is 17.8 Å². The van der Waals surface area contributed by atoms with Crippen molar-refractivity contribution in [2.75, 3.05) is 13.1 Å². The molecular weight excluding hydrogens is 303 g/mol. The van der Waals surface area contributed by atoms with Crippen molar-refractivity contribution in [2.24, 2.45) is 0 Å². The number of hydrogen-bond acceptors (Lipinski definition) is 4. The summed E-state index contributed by atoms with van der Waals surface area (Å²) in [5.41, 5.74) is 0.850. The molecule has 2 atom stereocenters. The normalized spacial score (nSPS) is 22.0. The number of nitrogens with zero attached hydrogens (tertiary/aromatic N) is 1. The molecule has 1 fully saturated rings. The average Bonchev–Trinajstić information content (AvgIpc) is 3.20. The van der Waals surface area contributed by atoms with Gasteiger partial charge in [-0.1, -0.05) is 6.07 Å². The van der Waals surface area contributed by atoms with Crippen molar-refractivity contribution in [1.82, 2.24) is 10.2 Å². The second kappa shape index (κ2) is 7.07. The lowest BCUT2D eigenvalue weighted by atomic mass is 10.2. The molecule has 1 aliphatic heterocycles. The molecule has 0 saturated carbocycles. The van der Waals surface area contributed by atoms with Crippen LogP contribution in [-0.4, -0.2) is 36.1 Å². The molecule has 4 nitrogen and oxygen atoms in total. The Morgan fingerprint density at radius 3 is 3.14 bits per heavy atom. The first-order chi connectivity index (χ1) is 10.7. The summed E-state index contributed by atoms with van der Waals surface area (Å²) in [5, 5.41) is 4.94. The van der Waals surface area contributed by atoms with E-state index in [4.69, 9.17) is 4.42 Å². The van der Waals surface area contributed by atoms with Gasteiger partial charge in [0.15, 0.2) is 0 Å². The van der Waals surface area contributed by atoms with Gasteiger partial charge in [0.05, 0.1) is 18.9 Å². The number of carbonyl (C=O) groups excluding carboxylic acids is 1. The Morgan fingerprint density at radius 2 is 2.41 bits per heavy atom. The molecule has 2 aromatic heterocycles. The maximum absolute atomic E-state index is 13.7. The van der Waals surface area contributed by atoms with Gasteiger partial charge in [-0.05, 0) is 29.5 Å². The predicted molar refractivity (Wildman–Crippen MR) is 83.5 cm³/mol. The Bertz CT molecular complexity index is 585. The van der Waals surface area contributed by atoms with Crippen LogP contribution in [0.4, 0.5) is 4.39 Å². The molecule has 3 heterocycles. The summed E-state index contributed by atoms with van der Waals surface area (Å²) in [6.07, 6.45) is 3.09. The largest absolute Gasteiger partial charge is 0.472 e. The first kappa shape index (κ1) is 15.2. The second-order valence-corrected chi connectivity index (χ2v) is 6.64. The van der Waals surface area contributed by atoms with Crippen LogP contribution in [0, 0.1) is 0 Å². The van der Waals surface area contributed by atoms with Crippen molar-refractivity contribution in [1.29, 1.82) is 0 Å². The molecule has 0 aliphatic carbocycles. The van der Waals surface area contributed by atoms with E-state index in [1.54, 1.807) is 29.9 Å². The summed E-state index contributed by atoms with van der Waals surface area (Å²) in [6, 6.07) is 5.90. The van der Waals surface area contributed by atoms with E-state index in [1.807, 2.05) is 11.4 Å². The molecule has 0 unspecified atom stereocenters. The number of halogens is 1. The molecule has 118 valence electrons. The minimum atomic E-state index is -0.810. The Kier molecular flexibility index (Phi) is 4.90. The smallest absolute Gasteiger partial charge is 0.224 e. The highest BCUT2D eigenvalue weighted by atomic mass is 32.1. The first-order valence-corrected chi connectivity index (χ1v) is 8.27. The molecule has 3 rings (SSSR count). The van der Waals surface area contributed by atoms with Crippen LogP contribution >= 0.6 is 11.3 Å². The monoisotopic (exact) mass is 322 g/mol. The summed E-state index contributed by atoms with van der Waals surface area (Å²) in [6.45, 7) is 1.68. The van der Waals surface area contributed by atoms with Crippen molar-refractivity contribution in [3.8, 4) is 0 Å². The molecule has 0 bridgehead atoms. The minimum Gasteiger partial charge on any atom is -0.472 e. The van der Waals surface area contributed by atoms with Crippen molar-refractivity contribution in [3.05, 3.63) is 46.5 Å². The highest BCUT2D eigenvalue weighted by Gasteiger charge is 2.32. The Morgan fingerprint density at radius 1 is 1.50 bits per heavy atom. The van der Waals surface area contributed by atoms with Gasteiger partial charge in [-0.3, -0.25) is 9.69 Å². The molecule has 6 heteroatoms. The van der Waals surface area contributed by atoms with Crippen LogP contribution in [0.5, 0.6) is 0 Å². The van der Waals surface area contributed by atoms with Gasteiger partial charge in [0.2, 0.25) is 5.91 Å². The highest BCUT2D eigenvalue weighted by Crippen LogP contribution is 2.23. The number of rotatable bonds is 6. The molecule has 1 saturated heterocycles. The Balaban J connectivity index is 1.50. The fourth-order valence-electron chi connectivity index (χ4n) is 2.80. The Labute approximate surface area is 132 Å². The fourth-order valence-corrected chi connectivity index (χ4v) is 3.53. The van der Waals surface area contributed by atoms with E-state index in [0.29, 0.717) is 25.9 Å². The van der Waals surface area contributed by atoms with Crippen LogP contribution < -0.4 is 5.32 Å². The fraction of sp³-hybridized carbons (Fsp3) is 0.438. The number of likely N-dealkylation sites (tertiary alicyclic amines) is 1. The van der Waals surface area contributed by atoms with E-state index in [2.05, 4.69) is 16.3 Å². The molecular formula is C16H19FN2O2S. The van der Waals surface area contributed by atoms with E-state index in [-0.39, 0.29) is 11.9 Å². The van der Waals surface area contributed by atoms with E-state index < -0.39 is 6.17 Å². The van der Waals surface area contributed by atoms with Gasteiger partial charge < -0.3 is 9.73 Å². The number of hydrogen-bond donors (Lipinski definition) is 1. The molecule has 2 aromatic rings. The van der Waals surface area contributed by atoms with Gasteiger partial charge >= 0.3 is 0 Å². The second-order valence-electron chi connectivity index (χ2n) is 5.61. The minimum absolute atomic E-state index is 0.0558. The molecule has 22 heavy (non-hydrogen) atoms. The summed E-state index contributed by atoms with van der Waals surface area (Å²) in [5.74, 6) is -0.0558. The van der Waals surface area contributed by atoms with Crippen molar-refractivity contribution in [2.45, 2.75) is 31.6 Å². The van der Waals surface area contributed by atoms with Crippen LogP contribution in [0.15, 0.2) is 40.5 Å². The quantitative estimate of drug-likeness (QED) is 0.889. The standard InChI is InChI=1S/C16H19FN2O2S/c17-13-7-14(19(9-13)10-15-2-1-5-22-15)8-18-16(20)6-12-3-4-21-11-12/h1-5,11,13-14H,6-10H2,(H,18,20)/t13-,14-/m0/s1. The number of thiophene rings is 1. The maximum atomic E-state index is 13.7. The van der Waals surface area contributed by atoms with E-state index in [0.717, 1.165) is 12.1 Å². The van der Waals surface area contributed by atoms with Gasteiger partial charge in [0.1, 0.15) is 6.17 Å². The lowest BCUT2D eigenvalue weighted by Gasteiger charge is -2.23. The third-order valence-electron chi connectivity index (χ3n) is 3.90. The summed E-state index contributed by atoms with van der Waals surface area (Å²) >= 11 is 1.68. The lowest BCUT2D eigenvalue weighted by Crippen LogP contribution is -2.40. The van der Waals surface area contributed by atoms with E-state index in [9.17, 15) is 9.18 Å². The zero-order valence-electron chi connectivity index (χ0n) is 12.2. The summed E-state index contributed by atoms with van der Waals surface area (Å²) < 4.78 is 18.7. The number of nitrogens with one attached hydrogen (secondary N) is 1. The molecule has 1 aliphatic rings. The van der Waals surface area contributed by atoms with Crippen LogP contribution in [0.25, 0.3) is 0 Å². The van der Waals surface area contributed by atoms with Crippen LogP contribution in [0.1, 0.15) is 16.9 Å². The number of carbonyl (C=O) groups is 1. The van der Waals surface area contributed by atoms with Gasteiger partial charge in [-0.15, -0.1) is 11.3 Å². The number of amides is 1. The zero-order valence-corrected chi connectivity index (χ0v) is 13.0. The molecule has 1 N–H and O–H groups in total. The topological polar surface area (TPSA) is 45.5 Å². The highest BCUT2D eigenvalue weighted by molar-refractivity contribution is 7.09. The maximum Gasteiger partial charge on any atom is 0.224 e. The molecule has 0 aromatic carbocycles. The predicted octanol–water partition coefficient (Wildman–Crippen LogP) is 2.61. The van der Waals surface area contributed by atoms with Crippen molar-refractivity contribution in [3.63, 3.8) is 0 Å². The van der Waals surface area contributed by atoms with Gasteiger partial charge in [0, 0.05) is 30.6 Å². The van der Waals surface area contributed by atoms with E-state index >= 15 is 0 Å². The zero-order chi connectivity index (χ0) is 15.4.